The number of rotatable bonds is 6. The quantitative estimate of drug-likeness (QED) is 0.812. The molecule has 0 aliphatic rings. The van der Waals surface area contributed by atoms with Gasteiger partial charge in [0.2, 0.25) is 0 Å². The largest absolute Gasteiger partial charge is 0.478 e. The lowest BCUT2D eigenvalue weighted by Crippen LogP contribution is -2.09. The molecule has 0 atom stereocenters. The van der Waals surface area contributed by atoms with Gasteiger partial charge in [-0.05, 0) is 31.2 Å². The zero-order valence-corrected chi connectivity index (χ0v) is 13.6. The van der Waals surface area contributed by atoms with Crippen LogP contribution in [-0.4, -0.2) is 36.0 Å². The number of thiazole rings is 1. The van der Waals surface area contributed by atoms with Gasteiger partial charge in [-0.25, -0.2) is 18.2 Å². The second kappa shape index (κ2) is 6.59. The second-order valence-electron chi connectivity index (χ2n) is 4.25. The highest BCUT2D eigenvalue weighted by molar-refractivity contribution is 8.02. The molecule has 0 spiro atoms. The molecule has 21 heavy (non-hydrogen) atoms. The zero-order chi connectivity index (χ0) is 15.5. The van der Waals surface area contributed by atoms with Crippen LogP contribution in [0.25, 0.3) is 0 Å². The fraction of sp³-hybridized carbons (Fsp3) is 0.231. The molecule has 8 heteroatoms. The molecule has 1 aromatic heterocycles. The molecule has 0 amide bonds. The Kier molecular flexibility index (Phi) is 5.02. The Balaban J connectivity index is 1.99. The zero-order valence-electron chi connectivity index (χ0n) is 11.1. The van der Waals surface area contributed by atoms with E-state index >= 15 is 0 Å². The van der Waals surface area contributed by atoms with Crippen molar-refractivity contribution in [2.24, 2.45) is 0 Å². The number of aryl methyl sites for hydroxylation is 1. The lowest BCUT2D eigenvalue weighted by atomic mass is 10.2. The maximum absolute atomic E-state index is 12.1. The lowest BCUT2D eigenvalue weighted by Gasteiger charge is -2.04. The molecule has 0 saturated heterocycles. The molecule has 5 nitrogen and oxygen atoms in total. The Morgan fingerprint density at radius 3 is 2.52 bits per heavy atom. The van der Waals surface area contributed by atoms with Gasteiger partial charge in [0.15, 0.2) is 9.84 Å². The van der Waals surface area contributed by atoms with Crippen molar-refractivity contribution in [3.63, 3.8) is 0 Å². The molecule has 1 heterocycles. The van der Waals surface area contributed by atoms with Crippen LogP contribution in [0.15, 0.2) is 38.9 Å². The molecule has 2 rings (SSSR count). The van der Waals surface area contributed by atoms with Crippen molar-refractivity contribution in [2.45, 2.75) is 16.2 Å². The number of hydrogen-bond acceptors (Lipinski definition) is 6. The Morgan fingerprint density at radius 2 is 2.00 bits per heavy atom. The minimum atomic E-state index is -3.40. The first-order chi connectivity index (χ1) is 9.88. The summed E-state index contributed by atoms with van der Waals surface area (Å²) in [6.07, 6.45) is 0. The first kappa shape index (κ1) is 16.0. The lowest BCUT2D eigenvalue weighted by molar-refractivity contribution is 0.0696. The van der Waals surface area contributed by atoms with Gasteiger partial charge in [-0.3, -0.25) is 0 Å². The topological polar surface area (TPSA) is 84.3 Å². The van der Waals surface area contributed by atoms with Crippen molar-refractivity contribution < 1.29 is 18.3 Å². The molecule has 0 radical (unpaired) electrons. The van der Waals surface area contributed by atoms with E-state index < -0.39 is 15.8 Å². The van der Waals surface area contributed by atoms with E-state index in [1.54, 1.807) is 0 Å². The van der Waals surface area contributed by atoms with Gasteiger partial charge in [-0.15, -0.1) is 11.3 Å². The van der Waals surface area contributed by atoms with E-state index in [0.717, 1.165) is 10.0 Å². The van der Waals surface area contributed by atoms with E-state index in [9.17, 15) is 13.2 Å². The third kappa shape index (κ3) is 4.29. The van der Waals surface area contributed by atoms with Crippen molar-refractivity contribution >= 4 is 38.9 Å². The van der Waals surface area contributed by atoms with E-state index in [1.165, 1.54) is 47.4 Å². The van der Waals surface area contributed by atoms with Crippen molar-refractivity contribution in [3.8, 4) is 0 Å². The number of carboxylic acid groups (broad SMARTS) is 1. The van der Waals surface area contributed by atoms with Crippen LogP contribution in [-0.2, 0) is 9.84 Å². The van der Waals surface area contributed by atoms with Crippen LogP contribution < -0.4 is 0 Å². The fourth-order valence-electron chi connectivity index (χ4n) is 1.56. The Morgan fingerprint density at radius 1 is 1.33 bits per heavy atom. The molecule has 1 N–H and O–H groups in total. The molecular weight excluding hydrogens is 330 g/mol. The summed E-state index contributed by atoms with van der Waals surface area (Å²) in [4.78, 5) is 15.1. The number of nitrogens with zero attached hydrogens (tertiary/aromatic N) is 1. The van der Waals surface area contributed by atoms with Crippen LogP contribution >= 0.6 is 23.1 Å². The highest BCUT2D eigenvalue weighted by Gasteiger charge is 2.15. The third-order valence-electron chi connectivity index (χ3n) is 2.64. The maximum Gasteiger partial charge on any atom is 0.335 e. The predicted octanol–water partition coefficient (Wildman–Crippen LogP) is 2.72. The summed E-state index contributed by atoms with van der Waals surface area (Å²) in [7, 11) is -3.40. The van der Waals surface area contributed by atoms with E-state index in [4.69, 9.17) is 5.11 Å². The standard InChI is InChI=1S/C13H13NO4S3/c1-9-8-20-13(14-9)19-6-7-21(17,18)11-4-2-10(3-5-11)12(15)16/h2-5,8H,6-7H2,1H3,(H,15,16). The summed E-state index contributed by atoms with van der Waals surface area (Å²) in [5.74, 6) is -0.674. The van der Waals surface area contributed by atoms with Crippen molar-refractivity contribution in [1.82, 2.24) is 4.98 Å². The molecule has 0 saturated carbocycles. The van der Waals surface area contributed by atoms with Gasteiger partial charge in [-0.1, -0.05) is 11.8 Å². The van der Waals surface area contributed by atoms with E-state index in [0.29, 0.717) is 5.75 Å². The molecule has 0 fully saturated rings. The van der Waals surface area contributed by atoms with Crippen LogP contribution in [0.5, 0.6) is 0 Å². The Labute approximate surface area is 131 Å². The third-order valence-corrected chi connectivity index (χ3v) is 6.77. The Hall–Kier alpha value is -1.38. The molecule has 2 aromatic rings. The number of benzene rings is 1. The number of thioether (sulfide) groups is 1. The summed E-state index contributed by atoms with van der Waals surface area (Å²) in [6, 6.07) is 5.26. The predicted molar refractivity (Wildman–Crippen MR) is 83.0 cm³/mol. The fourth-order valence-corrected chi connectivity index (χ4v) is 5.13. The van der Waals surface area contributed by atoms with Crippen molar-refractivity contribution in [2.75, 3.05) is 11.5 Å². The average molecular weight is 343 g/mol. The van der Waals surface area contributed by atoms with Gasteiger partial charge in [-0.2, -0.15) is 0 Å². The summed E-state index contributed by atoms with van der Waals surface area (Å²) in [5, 5.41) is 10.7. The first-order valence-corrected chi connectivity index (χ1v) is 9.51. The average Bonchev–Trinajstić information content (AvgIpc) is 2.84. The van der Waals surface area contributed by atoms with Crippen LogP contribution in [0.4, 0.5) is 0 Å². The monoisotopic (exact) mass is 343 g/mol. The van der Waals surface area contributed by atoms with Crippen LogP contribution in [0.1, 0.15) is 16.1 Å². The molecular formula is C13H13NO4S3. The SMILES string of the molecule is Cc1csc(SCCS(=O)(=O)c2ccc(C(=O)O)cc2)n1. The van der Waals surface area contributed by atoms with Gasteiger partial charge in [0.1, 0.15) is 4.34 Å². The highest BCUT2D eigenvalue weighted by atomic mass is 32.2. The summed E-state index contributed by atoms with van der Waals surface area (Å²) < 4.78 is 25.1. The first-order valence-electron chi connectivity index (χ1n) is 5.99. The molecule has 1 aromatic carbocycles. The van der Waals surface area contributed by atoms with Crippen LogP contribution in [0, 0.1) is 6.92 Å². The van der Waals surface area contributed by atoms with E-state index in [2.05, 4.69) is 4.98 Å². The van der Waals surface area contributed by atoms with Gasteiger partial charge >= 0.3 is 5.97 Å². The van der Waals surface area contributed by atoms with Gasteiger partial charge in [0, 0.05) is 16.8 Å². The highest BCUT2D eigenvalue weighted by Crippen LogP contribution is 2.23. The maximum atomic E-state index is 12.1. The number of carboxylic acids is 1. The molecule has 0 bridgehead atoms. The molecule has 0 aliphatic heterocycles. The van der Waals surface area contributed by atoms with Crippen LogP contribution in [0.3, 0.4) is 0 Å². The Bertz CT molecular complexity index is 735. The summed E-state index contributed by atoms with van der Waals surface area (Å²) in [5.41, 5.74) is 0.996. The minimum Gasteiger partial charge on any atom is -0.478 e. The molecule has 112 valence electrons. The number of sulfone groups is 1. The van der Waals surface area contributed by atoms with Crippen molar-refractivity contribution in [3.05, 3.63) is 40.9 Å². The second-order valence-corrected chi connectivity index (χ2v) is 8.56. The van der Waals surface area contributed by atoms with Crippen LogP contribution in [0.2, 0.25) is 0 Å². The summed E-state index contributed by atoms with van der Waals surface area (Å²) >= 11 is 2.90. The number of hydrogen-bond donors (Lipinski definition) is 1. The number of carbonyl (C=O) groups is 1. The van der Waals surface area contributed by atoms with Gasteiger partial charge in [0.05, 0.1) is 16.2 Å². The molecule has 0 unspecified atom stereocenters. The number of aromatic nitrogens is 1. The van der Waals surface area contributed by atoms with Crippen molar-refractivity contribution in [1.29, 1.82) is 0 Å². The molecule has 0 aliphatic carbocycles. The smallest absolute Gasteiger partial charge is 0.335 e. The van der Waals surface area contributed by atoms with Gasteiger partial charge < -0.3 is 5.11 Å². The minimum absolute atomic E-state index is 0.0112. The number of aromatic carboxylic acids is 1. The normalized spacial score (nSPS) is 11.5. The van der Waals surface area contributed by atoms with Gasteiger partial charge in [0.25, 0.3) is 0 Å². The summed E-state index contributed by atoms with van der Waals surface area (Å²) in [6.45, 7) is 1.89. The van der Waals surface area contributed by atoms with E-state index in [1.807, 2.05) is 12.3 Å². The van der Waals surface area contributed by atoms with E-state index in [-0.39, 0.29) is 16.2 Å².